The van der Waals surface area contributed by atoms with Gasteiger partial charge in [0.2, 0.25) is 0 Å². The van der Waals surface area contributed by atoms with Crippen LogP contribution in [-0.4, -0.2) is 37.9 Å². The molecule has 1 aromatic carbocycles. The van der Waals surface area contributed by atoms with Gasteiger partial charge in [-0.15, -0.1) is 0 Å². The molecule has 0 atom stereocenters. The van der Waals surface area contributed by atoms with E-state index in [2.05, 4.69) is 15.9 Å². The molecule has 0 spiro atoms. The summed E-state index contributed by atoms with van der Waals surface area (Å²) < 4.78 is 5.97. The molecule has 1 fully saturated rings. The zero-order chi connectivity index (χ0) is 13.8. The Balaban J connectivity index is 2.16. The molecular formula is C14H18BrNO3. The maximum atomic E-state index is 11.4. The first-order valence-electron chi connectivity index (χ1n) is 6.40. The van der Waals surface area contributed by atoms with E-state index in [9.17, 15) is 9.90 Å². The molecule has 104 valence electrons. The van der Waals surface area contributed by atoms with E-state index in [4.69, 9.17) is 4.74 Å². The van der Waals surface area contributed by atoms with Crippen LogP contribution >= 0.6 is 15.9 Å². The van der Waals surface area contributed by atoms with Gasteiger partial charge >= 0.3 is 5.97 Å². The van der Waals surface area contributed by atoms with Crippen LogP contribution in [-0.2, 0) is 4.74 Å². The van der Waals surface area contributed by atoms with E-state index in [1.54, 1.807) is 6.07 Å². The number of hydrogen-bond donors (Lipinski definition) is 1. The summed E-state index contributed by atoms with van der Waals surface area (Å²) in [5.41, 5.74) is 1.09. The number of halogens is 1. The molecule has 0 aliphatic carbocycles. The van der Waals surface area contributed by atoms with Gasteiger partial charge in [-0.3, -0.25) is 0 Å². The number of rotatable bonds is 4. The van der Waals surface area contributed by atoms with Crippen LogP contribution in [0, 0.1) is 5.92 Å². The number of carbonyl (C=O) groups is 1. The Hall–Kier alpha value is -1.07. The lowest BCUT2D eigenvalue weighted by atomic mass is 9.99. The van der Waals surface area contributed by atoms with Crippen molar-refractivity contribution >= 4 is 27.6 Å². The average Bonchev–Trinajstić information content (AvgIpc) is 2.39. The minimum Gasteiger partial charge on any atom is -0.478 e. The van der Waals surface area contributed by atoms with Crippen molar-refractivity contribution in [2.24, 2.45) is 5.92 Å². The normalized spacial score (nSPS) is 16.3. The van der Waals surface area contributed by atoms with Crippen LogP contribution in [0.2, 0.25) is 0 Å². The predicted molar refractivity (Wildman–Crippen MR) is 77.9 cm³/mol. The number of aromatic carboxylic acids is 1. The highest BCUT2D eigenvalue weighted by atomic mass is 79.9. The Labute approximate surface area is 121 Å². The first-order valence-corrected chi connectivity index (χ1v) is 7.19. The SMILES string of the molecule is CN(CC1CCOCC1)c1cccc(Br)c1C(=O)O. The van der Waals surface area contributed by atoms with E-state index in [0.717, 1.165) is 38.3 Å². The third kappa shape index (κ3) is 3.48. The molecule has 1 N–H and O–H groups in total. The molecule has 1 aliphatic heterocycles. The van der Waals surface area contributed by atoms with Crippen LogP contribution in [0.5, 0.6) is 0 Å². The lowest BCUT2D eigenvalue weighted by Gasteiger charge is -2.29. The zero-order valence-electron chi connectivity index (χ0n) is 10.9. The van der Waals surface area contributed by atoms with Gasteiger partial charge in [-0.25, -0.2) is 4.79 Å². The monoisotopic (exact) mass is 327 g/mol. The summed E-state index contributed by atoms with van der Waals surface area (Å²) in [5, 5.41) is 9.32. The lowest BCUT2D eigenvalue weighted by molar-refractivity contribution is 0.0677. The Morgan fingerprint density at radius 1 is 1.47 bits per heavy atom. The first kappa shape index (κ1) is 14.3. The number of benzene rings is 1. The van der Waals surface area contributed by atoms with Crippen molar-refractivity contribution in [1.82, 2.24) is 0 Å². The molecule has 5 heteroatoms. The second kappa shape index (κ2) is 6.39. The molecule has 4 nitrogen and oxygen atoms in total. The van der Waals surface area contributed by atoms with Crippen LogP contribution in [0.25, 0.3) is 0 Å². The molecule has 1 saturated heterocycles. The quantitative estimate of drug-likeness (QED) is 0.923. The molecule has 0 amide bonds. The van der Waals surface area contributed by atoms with Gasteiger partial charge in [0.05, 0.1) is 11.3 Å². The summed E-state index contributed by atoms with van der Waals surface area (Å²) in [4.78, 5) is 13.4. The molecule has 1 aliphatic rings. The number of anilines is 1. The third-order valence-corrected chi connectivity index (χ3v) is 4.15. The fourth-order valence-electron chi connectivity index (χ4n) is 2.46. The summed E-state index contributed by atoms with van der Waals surface area (Å²) in [6.45, 7) is 2.48. The molecule has 1 aromatic rings. The first-order chi connectivity index (χ1) is 9.09. The molecular weight excluding hydrogens is 310 g/mol. The van der Waals surface area contributed by atoms with Gasteiger partial charge in [0.1, 0.15) is 0 Å². The van der Waals surface area contributed by atoms with Crippen molar-refractivity contribution in [2.45, 2.75) is 12.8 Å². The van der Waals surface area contributed by atoms with Crippen LogP contribution in [0.15, 0.2) is 22.7 Å². The Morgan fingerprint density at radius 2 is 2.16 bits per heavy atom. The van der Waals surface area contributed by atoms with Crippen molar-refractivity contribution < 1.29 is 14.6 Å². The molecule has 19 heavy (non-hydrogen) atoms. The number of nitrogens with zero attached hydrogens (tertiary/aromatic N) is 1. The standard InChI is InChI=1S/C14H18BrNO3/c1-16(9-10-5-7-19-8-6-10)12-4-2-3-11(15)13(12)14(17)18/h2-4,10H,5-9H2,1H3,(H,17,18). The second-order valence-corrected chi connectivity index (χ2v) is 5.73. The minimum absolute atomic E-state index is 0.331. The summed E-state index contributed by atoms with van der Waals surface area (Å²) in [7, 11) is 1.95. The minimum atomic E-state index is -0.902. The van der Waals surface area contributed by atoms with E-state index in [-0.39, 0.29) is 0 Å². The fourth-order valence-corrected chi connectivity index (χ4v) is 2.98. The van der Waals surface area contributed by atoms with Gasteiger partial charge in [-0.05, 0) is 46.8 Å². The van der Waals surface area contributed by atoms with Gasteiger partial charge in [0.25, 0.3) is 0 Å². The van der Waals surface area contributed by atoms with Crippen molar-refractivity contribution in [3.05, 3.63) is 28.2 Å². The highest BCUT2D eigenvalue weighted by Gasteiger charge is 2.20. The van der Waals surface area contributed by atoms with Gasteiger partial charge < -0.3 is 14.7 Å². The van der Waals surface area contributed by atoms with Gasteiger partial charge in [-0.2, -0.15) is 0 Å². The van der Waals surface area contributed by atoms with E-state index >= 15 is 0 Å². The van der Waals surface area contributed by atoms with Gasteiger partial charge in [0.15, 0.2) is 0 Å². The second-order valence-electron chi connectivity index (χ2n) is 4.88. The topological polar surface area (TPSA) is 49.8 Å². The van der Waals surface area contributed by atoms with Crippen LogP contribution in [0.3, 0.4) is 0 Å². The van der Waals surface area contributed by atoms with Gasteiger partial charge in [-0.1, -0.05) is 6.07 Å². The largest absolute Gasteiger partial charge is 0.478 e. The molecule has 0 radical (unpaired) electrons. The van der Waals surface area contributed by atoms with Crippen LogP contribution in [0.1, 0.15) is 23.2 Å². The maximum absolute atomic E-state index is 11.4. The summed E-state index contributed by atoms with van der Waals surface area (Å²) >= 11 is 3.31. The van der Waals surface area contributed by atoms with Crippen molar-refractivity contribution in [2.75, 3.05) is 31.7 Å². The number of hydrogen-bond acceptors (Lipinski definition) is 3. The molecule has 1 heterocycles. The fraction of sp³-hybridized carbons (Fsp3) is 0.500. The number of ether oxygens (including phenoxy) is 1. The molecule has 0 saturated carbocycles. The molecule has 0 aromatic heterocycles. The van der Waals surface area contributed by atoms with E-state index in [1.807, 2.05) is 24.1 Å². The molecule has 2 rings (SSSR count). The summed E-state index contributed by atoms with van der Waals surface area (Å²) in [5.74, 6) is -0.333. The number of carboxylic acids is 1. The van der Waals surface area contributed by atoms with Crippen LogP contribution < -0.4 is 4.90 Å². The van der Waals surface area contributed by atoms with Crippen molar-refractivity contribution in [3.63, 3.8) is 0 Å². The Bertz CT molecular complexity index is 458. The highest BCUT2D eigenvalue weighted by Crippen LogP contribution is 2.28. The van der Waals surface area contributed by atoms with Crippen molar-refractivity contribution in [1.29, 1.82) is 0 Å². The number of carboxylic acid groups (broad SMARTS) is 1. The Kier molecular flexibility index (Phi) is 4.82. The summed E-state index contributed by atoms with van der Waals surface area (Å²) in [6, 6.07) is 5.48. The van der Waals surface area contributed by atoms with Crippen LogP contribution in [0.4, 0.5) is 5.69 Å². The highest BCUT2D eigenvalue weighted by molar-refractivity contribution is 9.10. The molecule has 0 bridgehead atoms. The molecule has 0 unspecified atom stereocenters. The average molecular weight is 328 g/mol. The van der Waals surface area contributed by atoms with Crippen molar-refractivity contribution in [3.8, 4) is 0 Å². The zero-order valence-corrected chi connectivity index (χ0v) is 12.5. The third-order valence-electron chi connectivity index (χ3n) is 3.49. The van der Waals surface area contributed by atoms with Gasteiger partial charge in [0, 0.05) is 31.3 Å². The maximum Gasteiger partial charge on any atom is 0.338 e. The smallest absolute Gasteiger partial charge is 0.338 e. The van der Waals surface area contributed by atoms with E-state index < -0.39 is 5.97 Å². The lowest BCUT2D eigenvalue weighted by Crippen LogP contribution is -2.30. The summed E-state index contributed by atoms with van der Waals surface area (Å²) in [6.07, 6.45) is 2.08. The predicted octanol–water partition coefficient (Wildman–Crippen LogP) is 3.01. The van der Waals surface area contributed by atoms with E-state index in [1.165, 1.54) is 0 Å². The Morgan fingerprint density at radius 3 is 2.79 bits per heavy atom. The van der Waals surface area contributed by atoms with E-state index in [0.29, 0.717) is 16.0 Å².